The number of unbranched alkanes of at least 4 members (excludes halogenated alkanes) is 11. The molecule has 0 unspecified atom stereocenters. The van der Waals surface area contributed by atoms with Crippen molar-refractivity contribution in [1.29, 1.82) is 0 Å². The molecule has 0 amide bonds. The summed E-state index contributed by atoms with van der Waals surface area (Å²) in [6.07, 6.45) is 17.9. The Balaban J connectivity index is 2.88. The molecule has 0 saturated heterocycles. The zero-order valence-electron chi connectivity index (χ0n) is 13.4. The van der Waals surface area contributed by atoms with Crippen LogP contribution in [-0.4, -0.2) is 19.6 Å². The zero-order chi connectivity index (χ0) is 14.0. The van der Waals surface area contributed by atoms with E-state index < -0.39 is 0 Å². The van der Waals surface area contributed by atoms with Crippen molar-refractivity contribution in [3.8, 4) is 0 Å². The molecule has 0 aliphatic rings. The molecule has 116 valence electrons. The third-order valence-electron chi connectivity index (χ3n) is 3.76. The van der Waals surface area contributed by atoms with Crippen molar-refractivity contribution < 1.29 is 0 Å². The van der Waals surface area contributed by atoms with Gasteiger partial charge in [-0.3, -0.25) is 0 Å². The molecule has 0 spiro atoms. The second-order valence-corrected chi connectivity index (χ2v) is 5.78. The van der Waals surface area contributed by atoms with E-state index in [0.29, 0.717) is 0 Å². The first-order valence-corrected chi connectivity index (χ1v) is 8.82. The highest BCUT2D eigenvalue weighted by Gasteiger charge is 1.93. The summed E-state index contributed by atoms with van der Waals surface area (Å²) in [5.41, 5.74) is 5.47. The van der Waals surface area contributed by atoms with E-state index in [1.165, 1.54) is 96.6 Å². The van der Waals surface area contributed by atoms with Crippen LogP contribution in [0.1, 0.15) is 90.4 Å². The van der Waals surface area contributed by atoms with Crippen molar-refractivity contribution in [3.05, 3.63) is 0 Å². The summed E-state index contributed by atoms with van der Waals surface area (Å²) < 4.78 is 0. The topological polar surface area (TPSA) is 38.0 Å². The average Bonchev–Trinajstić information content (AvgIpc) is 2.43. The fraction of sp³-hybridized carbons (Fsp3) is 1.00. The van der Waals surface area contributed by atoms with Crippen LogP contribution in [0.2, 0.25) is 0 Å². The normalized spacial score (nSPS) is 11.1. The average molecular weight is 271 g/mol. The second kappa shape index (κ2) is 17.9. The highest BCUT2D eigenvalue weighted by Crippen LogP contribution is 2.06. The van der Waals surface area contributed by atoms with Crippen LogP contribution < -0.4 is 11.1 Å². The Hall–Kier alpha value is -0.0800. The maximum atomic E-state index is 5.47. The molecule has 0 bridgehead atoms. The first-order chi connectivity index (χ1) is 9.41. The lowest BCUT2D eigenvalue weighted by atomic mass is 10.1. The summed E-state index contributed by atoms with van der Waals surface area (Å²) >= 11 is 0. The minimum atomic E-state index is 0.861. The lowest BCUT2D eigenvalue weighted by molar-refractivity contribution is 0.538. The number of nitrogens with two attached hydrogens (primary N) is 1. The predicted molar refractivity (Wildman–Crippen MR) is 87.6 cm³/mol. The van der Waals surface area contributed by atoms with E-state index in [9.17, 15) is 0 Å². The quantitative estimate of drug-likeness (QED) is 0.401. The third kappa shape index (κ3) is 17.9. The maximum Gasteiger partial charge on any atom is -0.00489 e. The minimum Gasteiger partial charge on any atom is -0.330 e. The largest absolute Gasteiger partial charge is 0.330 e. The van der Waals surface area contributed by atoms with Crippen molar-refractivity contribution in [2.45, 2.75) is 90.4 Å². The first kappa shape index (κ1) is 18.9. The number of hydrogen-bond donors (Lipinski definition) is 2. The second-order valence-electron chi connectivity index (χ2n) is 5.78. The summed E-state index contributed by atoms with van der Waals surface area (Å²) in [6, 6.07) is 0. The Bertz CT molecular complexity index is 132. The van der Waals surface area contributed by atoms with Gasteiger partial charge in [-0.1, -0.05) is 71.1 Å². The van der Waals surface area contributed by atoms with Gasteiger partial charge in [0, 0.05) is 0 Å². The van der Waals surface area contributed by atoms with E-state index in [0.717, 1.165) is 6.54 Å². The molecule has 0 saturated carbocycles. The molecular weight excluding hydrogens is 232 g/mol. The minimum absolute atomic E-state index is 0.861. The van der Waals surface area contributed by atoms with Crippen LogP contribution in [0.4, 0.5) is 0 Å². The van der Waals surface area contributed by atoms with Crippen molar-refractivity contribution in [3.63, 3.8) is 0 Å². The van der Waals surface area contributed by atoms with Gasteiger partial charge in [-0.05, 0) is 38.9 Å². The molecule has 19 heavy (non-hydrogen) atoms. The molecular formula is C17H38N2. The van der Waals surface area contributed by atoms with E-state index in [1.807, 2.05) is 0 Å². The van der Waals surface area contributed by atoms with Crippen LogP contribution in [0.15, 0.2) is 0 Å². The number of rotatable bonds is 16. The standard InChI is InChI=1S/C17H38N2/c1-2-3-4-5-7-10-13-16-19-17-14-11-8-6-9-12-15-18/h19H,2-18H2,1H3. The fourth-order valence-corrected chi connectivity index (χ4v) is 2.43. The molecule has 0 heterocycles. The van der Waals surface area contributed by atoms with Crippen LogP contribution in [0.5, 0.6) is 0 Å². The molecule has 3 N–H and O–H groups in total. The van der Waals surface area contributed by atoms with Crippen molar-refractivity contribution >= 4 is 0 Å². The van der Waals surface area contributed by atoms with Gasteiger partial charge < -0.3 is 11.1 Å². The Morgan fingerprint density at radius 2 is 1.00 bits per heavy atom. The Labute approximate surface area is 121 Å². The third-order valence-corrected chi connectivity index (χ3v) is 3.76. The van der Waals surface area contributed by atoms with Gasteiger partial charge >= 0.3 is 0 Å². The fourth-order valence-electron chi connectivity index (χ4n) is 2.43. The van der Waals surface area contributed by atoms with Crippen molar-refractivity contribution in [2.24, 2.45) is 5.73 Å². The molecule has 0 atom stereocenters. The van der Waals surface area contributed by atoms with Crippen LogP contribution in [0, 0.1) is 0 Å². The van der Waals surface area contributed by atoms with Gasteiger partial charge in [-0.2, -0.15) is 0 Å². The van der Waals surface area contributed by atoms with Crippen LogP contribution in [0.25, 0.3) is 0 Å². The highest BCUT2D eigenvalue weighted by molar-refractivity contribution is 4.52. The summed E-state index contributed by atoms with van der Waals surface area (Å²) in [6.45, 7) is 5.58. The molecule has 0 aliphatic heterocycles. The lowest BCUT2D eigenvalue weighted by Crippen LogP contribution is -2.16. The molecule has 0 rings (SSSR count). The predicted octanol–water partition coefficient (Wildman–Crippen LogP) is 4.63. The maximum absolute atomic E-state index is 5.47. The number of nitrogens with one attached hydrogen (secondary N) is 1. The summed E-state index contributed by atoms with van der Waals surface area (Å²) in [5.74, 6) is 0. The van der Waals surface area contributed by atoms with Gasteiger partial charge in [0.15, 0.2) is 0 Å². The zero-order valence-corrected chi connectivity index (χ0v) is 13.4. The molecule has 0 aromatic heterocycles. The van der Waals surface area contributed by atoms with E-state index in [4.69, 9.17) is 5.73 Å². The molecule has 0 fully saturated rings. The van der Waals surface area contributed by atoms with Gasteiger partial charge in [-0.25, -0.2) is 0 Å². The van der Waals surface area contributed by atoms with Gasteiger partial charge in [0.25, 0.3) is 0 Å². The molecule has 0 radical (unpaired) electrons. The van der Waals surface area contributed by atoms with E-state index in [-0.39, 0.29) is 0 Å². The highest BCUT2D eigenvalue weighted by atomic mass is 14.8. The van der Waals surface area contributed by atoms with Crippen molar-refractivity contribution in [1.82, 2.24) is 5.32 Å². The Morgan fingerprint density at radius 3 is 1.47 bits per heavy atom. The van der Waals surface area contributed by atoms with Gasteiger partial charge in [0.2, 0.25) is 0 Å². The Morgan fingerprint density at radius 1 is 0.579 bits per heavy atom. The van der Waals surface area contributed by atoms with Crippen molar-refractivity contribution in [2.75, 3.05) is 19.6 Å². The van der Waals surface area contributed by atoms with Gasteiger partial charge in [0.1, 0.15) is 0 Å². The monoisotopic (exact) mass is 270 g/mol. The molecule has 2 heteroatoms. The van der Waals surface area contributed by atoms with E-state index in [1.54, 1.807) is 0 Å². The molecule has 0 aromatic carbocycles. The van der Waals surface area contributed by atoms with Gasteiger partial charge in [-0.15, -0.1) is 0 Å². The molecule has 2 nitrogen and oxygen atoms in total. The van der Waals surface area contributed by atoms with E-state index in [2.05, 4.69) is 12.2 Å². The van der Waals surface area contributed by atoms with Crippen LogP contribution in [-0.2, 0) is 0 Å². The Kier molecular flexibility index (Phi) is 17.8. The lowest BCUT2D eigenvalue weighted by Gasteiger charge is -2.05. The first-order valence-electron chi connectivity index (χ1n) is 8.82. The van der Waals surface area contributed by atoms with E-state index >= 15 is 0 Å². The summed E-state index contributed by atoms with van der Waals surface area (Å²) in [7, 11) is 0. The summed E-state index contributed by atoms with van der Waals surface area (Å²) in [5, 5.41) is 3.57. The van der Waals surface area contributed by atoms with Crippen LogP contribution >= 0.6 is 0 Å². The number of hydrogen-bond acceptors (Lipinski definition) is 2. The molecule has 0 aromatic rings. The van der Waals surface area contributed by atoms with Crippen LogP contribution in [0.3, 0.4) is 0 Å². The summed E-state index contributed by atoms with van der Waals surface area (Å²) in [4.78, 5) is 0. The van der Waals surface area contributed by atoms with Gasteiger partial charge in [0.05, 0.1) is 0 Å². The SMILES string of the molecule is CCCCCCCCCNCCCCCCCCN. The molecule has 0 aliphatic carbocycles. The smallest absolute Gasteiger partial charge is 0.00489 e.